The molecule has 16 heavy (non-hydrogen) atoms. The number of benzene rings is 1. The van der Waals surface area contributed by atoms with Gasteiger partial charge < -0.3 is 10.4 Å². The van der Waals surface area contributed by atoms with E-state index in [1.54, 1.807) is 0 Å². The van der Waals surface area contributed by atoms with Gasteiger partial charge in [-0.25, -0.2) is 4.79 Å². The van der Waals surface area contributed by atoms with Crippen LogP contribution < -0.4 is 5.32 Å². The van der Waals surface area contributed by atoms with Crippen LogP contribution in [-0.4, -0.2) is 17.1 Å². The molecule has 4 heteroatoms. The minimum Gasteiger partial charge on any atom is -0.480 e. The second-order valence-corrected chi connectivity index (χ2v) is 4.60. The molecule has 0 aliphatic rings. The maximum atomic E-state index is 11.0. The molecule has 0 spiro atoms. The highest BCUT2D eigenvalue weighted by atomic mass is 79.9. The fourth-order valence-electron chi connectivity index (χ4n) is 1.45. The Balaban J connectivity index is 2.64. The zero-order valence-electron chi connectivity index (χ0n) is 9.24. The van der Waals surface area contributed by atoms with Gasteiger partial charge in [0.15, 0.2) is 0 Å². The molecule has 0 heterocycles. The van der Waals surface area contributed by atoms with Crippen molar-refractivity contribution in [2.75, 3.05) is 5.32 Å². The maximum absolute atomic E-state index is 11.0. The lowest BCUT2D eigenvalue weighted by Gasteiger charge is -2.15. The van der Waals surface area contributed by atoms with Crippen LogP contribution in [-0.2, 0) is 4.79 Å². The van der Waals surface area contributed by atoms with Crippen LogP contribution in [0, 0.1) is 0 Å². The summed E-state index contributed by atoms with van der Waals surface area (Å²) in [6.45, 7) is 2.05. The summed E-state index contributed by atoms with van der Waals surface area (Å²) >= 11 is 3.35. The van der Waals surface area contributed by atoms with Crippen LogP contribution in [0.5, 0.6) is 0 Å². The molecule has 0 radical (unpaired) electrons. The van der Waals surface area contributed by atoms with Crippen LogP contribution in [0.15, 0.2) is 28.7 Å². The number of aliphatic carboxylic acids is 1. The van der Waals surface area contributed by atoms with E-state index in [0.717, 1.165) is 23.0 Å². The average Bonchev–Trinajstić information content (AvgIpc) is 2.24. The van der Waals surface area contributed by atoms with Crippen molar-refractivity contribution in [3.8, 4) is 0 Å². The zero-order chi connectivity index (χ0) is 12.0. The third-order valence-electron chi connectivity index (χ3n) is 2.31. The Morgan fingerprint density at radius 1 is 1.56 bits per heavy atom. The third kappa shape index (κ3) is 4.23. The molecule has 2 N–H and O–H groups in total. The summed E-state index contributed by atoms with van der Waals surface area (Å²) in [5, 5.41) is 12.1. The van der Waals surface area contributed by atoms with Gasteiger partial charge in [-0.3, -0.25) is 0 Å². The number of halogens is 1. The summed E-state index contributed by atoms with van der Waals surface area (Å²) in [6.07, 6.45) is 2.57. The third-order valence-corrected chi connectivity index (χ3v) is 2.80. The first-order chi connectivity index (χ1) is 7.63. The van der Waals surface area contributed by atoms with Crippen molar-refractivity contribution in [1.29, 1.82) is 0 Å². The van der Waals surface area contributed by atoms with Crippen LogP contribution in [0.2, 0.25) is 0 Å². The van der Waals surface area contributed by atoms with Crippen molar-refractivity contribution in [2.45, 2.75) is 32.2 Å². The van der Waals surface area contributed by atoms with Crippen molar-refractivity contribution < 1.29 is 9.90 Å². The standard InChI is InChI=1S/C12H16BrNO2/c1-2-3-7-11(12(15)16)14-10-6-4-5-9(13)8-10/h4-6,8,11,14H,2-3,7H2,1H3,(H,15,16). The van der Waals surface area contributed by atoms with Gasteiger partial charge in [-0.05, 0) is 24.6 Å². The number of carboxylic acids is 1. The maximum Gasteiger partial charge on any atom is 0.326 e. The van der Waals surface area contributed by atoms with E-state index in [4.69, 9.17) is 5.11 Å². The van der Waals surface area contributed by atoms with Gasteiger partial charge in [0.25, 0.3) is 0 Å². The highest BCUT2D eigenvalue weighted by Gasteiger charge is 2.15. The highest BCUT2D eigenvalue weighted by molar-refractivity contribution is 9.10. The number of anilines is 1. The van der Waals surface area contributed by atoms with Crippen LogP contribution in [0.1, 0.15) is 26.2 Å². The molecule has 0 aliphatic carbocycles. The molecule has 1 rings (SSSR count). The topological polar surface area (TPSA) is 49.3 Å². The van der Waals surface area contributed by atoms with Crippen LogP contribution in [0.25, 0.3) is 0 Å². The predicted octanol–water partition coefficient (Wildman–Crippen LogP) is 3.50. The Kier molecular flexibility index (Phi) is 5.32. The lowest BCUT2D eigenvalue weighted by Crippen LogP contribution is -2.29. The fraction of sp³-hybridized carbons (Fsp3) is 0.417. The highest BCUT2D eigenvalue weighted by Crippen LogP contribution is 2.17. The molecule has 0 amide bonds. The van der Waals surface area contributed by atoms with Crippen molar-refractivity contribution in [3.63, 3.8) is 0 Å². The molecule has 0 saturated carbocycles. The molecule has 0 fully saturated rings. The Morgan fingerprint density at radius 3 is 2.88 bits per heavy atom. The molecule has 1 aromatic carbocycles. The molecule has 1 atom stereocenters. The van der Waals surface area contributed by atoms with Crippen LogP contribution in [0.4, 0.5) is 5.69 Å². The number of carbonyl (C=O) groups is 1. The summed E-state index contributed by atoms with van der Waals surface area (Å²) in [4.78, 5) is 11.0. The number of unbranched alkanes of at least 4 members (excludes halogenated alkanes) is 1. The summed E-state index contributed by atoms with van der Waals surface area (Å²) in [5.41, 5.74) is 0.831. The Morgan fingerprint density at radius 2 is 2.31 bits per heavy atom. The average molecular weight is 286 g/mol. The van der Waals surface area contributed by atoms with E-state index in [9.17, 15) is 4.79 Å². The number of rotatable bonds is 6. The Hall–Kier alpha value is -1.03. The monoisotopic (exact) mass is 285 g/mol. The van der Waals surface area contributed by atoms with Crippen molar-refractivity contribution >= 4 is 27.6 Å². The lowest BCUT2D eigenvalue weighted by atomic mass is 10.1. The molecular weight excluding hydrogens is 270 g/mol. The second-order valence-electron chi connectivity index (χ2n) is 3.69. The summed E-state index contributed by atoms with van der Waals surface area (Å²) in [5.74, 6) is -0.798. The van der Waals surface area contributed by atoms with Crippen LogP contribution >= 0.6 is 15.9 Å². The normalized spacial score (nSPS) is 12.1. The SMILES string of the molecule is CCCCC(Nc1cccc(Br)c1)C(=O)O. The summed E-state index contributed by atoms with van der Waals surface area (Å²) in [6, 6.07) is 7.03. The number of hydrogen-bond donors (Lipinski definition) is 2. The van der Waals surface area contributed by atoms with Gasteiger partial charge in [-0.2, -0.15) is 0 Å². The number of hydrogen-bond acceptors (Lipinski definition) is 2. The minimum absolute atomic E-state index is 0.505. The molecule has 3 nitrogen and oxygen atoms in total. The molecule has 0 aliphatic heterocycles. The van der Waals surface area contributed by atoms with Gasteiger partial charge in [-0.15, -0.1) is 0 Å². The minimum atomic E-state index is -0.798. The molecule has 88 valence electrons. The Labute approximate surface area is 104 Å². The van der Waals surface area contributed by atoms with Gasteiger partial charge >= 0.3 is 5.97 Å². The van der Waals surface area contributed by atoms with E-state index in [2.05, 4.69) is 28.2 Å². The molecule has 0 bridgehead atoms. The summed E-state index contributed by atoms with van der Waals surface area (Å²) < 4.78 is 0.942. The van der Waals surface area contributed by atoms with Gasteiger partial charge in [-0.1, -0.05) is 41.8 Å². The van der Waals surface area contributed by atoms with Crippen molar-refractivity contribution in [1.82, 2.24) is 0 Å². The number of carboxylic acid groups (broad SMARTS) is 1. The van der Waals surface area contributed by atoms with Gasteiger partial charge in [0.1, 0.15) is 6.04 Å². The molecule has 1 aromatic rings. The predicted molar refractivity (Wildman–Crippen MR) is 68.7 cm³/mol. The van der Waals surface area contributed by atoms with Crippen LogP contribution in [0.3, 0.4) is 0 Å². The van der Waals surface area contributed by atoms with E-state index in [-0.39, 0.29) is 0 Å². The first kappa shape index (κ1) is 13.0. The van der Waals surface area contributed by atoms with E-state index in [1.165, 1.54) is 0 Å². The van der Waals surface area contributed by atoms with Gasteiger partial charge in [0.05, 0.1) is 0 Å². The van der Waals surface area contributed by atoms with Gasteiger partial charge in [0, 0.05) is 10.2 Å². The second kappa shape index (κ2) is 6.53. The fourth-order valence-corrected chi connectivity index (χ4v) is 1.84. The van der Waals surface area contributed by atoms with Crippen molar-refractivity contribution in [3.05, 3.63) is 28.7 Å². The summed E-state index contributed by atoms with van der Waals surface area (Å²) in [7, 11) is 0. The number of nitrogens with one attached hydrogen (secondary N) is 1. The zero-order valence-corrected chi connectivity index (χ0v) is 10.8. The molecule has 0 saturated heterocycles. The lowest BCUT2D eigenvalue weighted by molar-refractivity contribution is -0.138. The van der Waals surface area contributed by atoms with Crippen molar-refractivity contribution in [2.24, 2.45) is 0 Å². The molecule has 1 unspecified atom stereocenters. The van der Waals surface area contributed by atoms with Gasteiger partial charge in [0.2, 0.25) is 0 Å². The first-order valence-corrected chi connectivity index (χ1v) is 6.17. The quantitative estimate of drug-likeness (QED) is 0.841. The first-order valence-electron chi connectivity index (χ1n) is 5.38. The van der Waals surface area contributed by atoms with E-state index >= 15 is 0 Å². The largest absolute Gasteiger partial charge is 0.480 e. The smallest absolute Gasteiger partial charge is 0.326 e. The van der Waals surface area contributed by atoms with E-state index in [0.29, 0.717) is 6.42 Å². The van der Waals surface area contributed by atoms with E-state index < -0.39 is 12.0 Å². The van der Waals surface area contributed by atoms with E-state index in [1.807, 2.05) is 24.3 Å². The molecule has 0 aromatic heterocycles. The molecular formula is C12H16BrNO2. The Bertz CT molecular complexity index is 355.